The van der Waals surface area contributed by atoms with Crippen LogP contribution in [0.15, 0.2) is 154 Å². The van der Waals surface area contributed by atoms with Gasteiger partial charge in [0.1, 0.15) is 16.7 Å². The monoisotopic (exact) mass is 552 g/mol. The molecule has 202 valence electrons. The van der Waals surface area contributed by atoms with Crippen molar-refractivity contribution < 1.29 is 8.83 Å². The van der Waals surface area contributed by atoms with E-state index in [0.29, 0.717) is 5.89 Å². The summed E-state index contributed by atoms with van der Waals surface area (Å²) < 4.78 is 12.6. The van der Waals surface area contributed by atoms with Crippen molar-refractivity contribution in [3.05, 3.63) is 146 Å². The highest BCUT2D eigenvalue weighted by molar-refractivity contribution is 6.13. The summed E-state index contributed by atoms with van der Waals surface area (Å²) in [6.45, 7) is 0. The number of rotatable bonds is 4. The van der Waals surface area contributed by atoms with E-state index in [2.05, 4.69) is 102 Å². The van der Waals surface area contributed by atoms with Crippen LogP contribution in [0.2, 0.25) is 0 Å². The molecular weight excluding hydrogens is 528 g/mol. The number of benzene rings is 7. The molecule has 0 amide bonds. The van der Waals surface area contributed by atoms with Crippen molar-refractivity contribution in [1.29, 1.82) is 0 Å². The van der Waals surface area contributed by atoms with Gasteiger partial charge in [0, 0.05) is 39.5 Å². The summed E-state index contributed by atoms with van der Waals surface area (Å²) >= 11 is 0. The van der Waals surface area contributed by atoms with Gasteiger partial charge in [-0.3, -0.25) is 0 Å². The maximum Gasteiger partial charge on any atom is 0.228 e. The van der Waals surface area contributed by atoms with Crippen LogP contribution in [0.1, 0.15) is 0 Å². The first-order chi connectivity index (χ1) is 21.3. The predicted octanol–water partition coefficient (Wildman–Crippen LogP) is 11.2. The standard InChI is InChI=1S/C39H24N2O2/c1-2-10-27(11-3-1)41(28-19-21-31-26(23-28)18-17-25-9-4-5-12-30(25)31)29-20-22-32-37(24-29)42-36-16-8-13-33(38(32)36)39-40-34-14-6-7-15-35(34)43-39/h1-24H. The van der Waals surface area contributed by atoms with Gasteiger partial charge in [-0.05, 0) is 82.2 Å². The molecule has 0 saturated carbocycles. The van der Waals surface area contributed by atoms with E-state index in [1.807, 2.05) is 48.5 Å². The van der Waals surface area contributed by atoms with E-state index in [1.165, 1.54) is 21.5 Å². The Bertz CT molecular complexity index is 2440. The SMILES string of the molecule is c1ccc(N(c2ccc3c(ccc4ccccc43)c2)c2ccc3c(c2)oc2cccc(-c4nc5ccccc5o4)c23)cc1. The largest absolute Gasteiger partial charge is 0.456 e. The number of furan rings is 1. The second-order valence-electron chi connectivity index (χ2n) is 10.8. The van der Waals surface area contributed by atoms with Crippen LogP contribution in [-0.4, -0.2) is 4.98 Å². The lowest BCUT2D eigenvalue weighted by Crippen LogP contribution is -2.09. The van der Waals surface area contributed by atoms with E-state index in [1.54, 1.807) is 0 Å². The Kier molecular flexibility index (Phi) is 5.16. The molecule has 2 aromatic heterocycles. The van der Waals surface area contributed by atoms with Gasteiger partial charge in [0.25, 0.3) is 0 Å². The van der Waals surface area contributed by atoms with Crippen molar-refractivity contribution >= 4 is 71.6 Å². The fourth-order valence-corrected chi connectivity index (χ4v) is 6.28. The zero-order chi connectivity index (χ0) is 28.3. The fourth-order valence-electron chi connectivity index (χ4n) is 6.28. The Labute approximate surface area is 247 Å². The quantitative estimate of drug-likeness (QED) is 0.204. The zero-order valence-corrected chi connectivity index (χ0v) is 23.1. The summed E-state index contributed by atoms with van der Waals surface area (Å²) in [5, 5.41) is 6.97. The Morgan fingerprint density at radius 1 is 0.442 bits per heavy atom. The summed E-state index contributed by atoms with van der Waals surface area (Å²) in [4.78, 5) is 7.05. The molecule has 9 aromatic rings. The van der Waals surface area contributed by atoms with Gasteiger partial charge in [0.2, 0.25) is 5.89 Å². The first-order valence-corrected chi connectivity index (χ1v) is 14.4. The molecule has 9 rings (SSSR count). The molecule has 0 saturated heterocycles. The number of anilines is 3. The maximum absolute atomic E-state index is 6.47. The van der Waals surface area contributed by atoms with Gasteiger partial charge in [-0.25, -0.2) is 4.98 Å². The third-order valence-corrected chi connectivity index (χ3v) is 8.26. The first-order valence-electron chi connectivity index (χ1n) is 14.4. The highest BCUT2D eigenvalue weighted by Crippen LogP contribution is 2.42. The third kappa shape index (κ3) is 3.81. The van der Waals surface area contributed by atoms with Crippen molar-refractivity contribution in [1.82, 2.24) is 4.98 Å². The summed E-state index contributed by atoms with van der Waals surface area (Å²) in [6.07, 6.45) is 0. The average molecular weight is 553 g/mol. The molecule has 0 aliphatic rings. The van der Waals surface area contributed by atoms with Gasteiger partial charge in [-0.1, -0.05) is 78.9 Å². The maximum atomic E-state index is 6.47. The highest BCUT2D eigenvalue weighted by Gasteiger charge is 2.19. The minimum absolute atomic E-state index is 0.591. The average Bonchev–Trinajstić information content (AvgIpc) is 3.67. The first kappa shape index (κ1) is 23.8. The number of hydrogen-bond acceptors (Lipinski definition) is 4. The number of fused-ring (bicyclic) bond motifs is 7. The molecule has 4 heteroatoms. The normalized spacial score (nSPS) is 11.7. The molecular formula is C39H24N2O2. The number of aromatic nitrogens is 1. The molecule has 0 radical (unpaired) electrons. The summed E-state index contributed by atoms with van der Waals surface area (Å²) in [5.74, 6) is 0.591. The molecule has 43 heavy (non-hydrogen) atoms. The van der Waals surface area contributed by atoms with Crippen LogP contribution in [0.5, 0.6) is 0 Å². The van der Waals surface area contributed by atoms with E-state index >= 15 is 0 Å². The lowest BCUT2D eigenvalue weighted by Gasteiger charge is -2.26. The van der Waals surface area contributed by atoms with Crippen LogP contribution in [0.4, 0.5) is 17.1 Å². The summed E-state index contributed by atoms with van der Waals surface area (Å²) in [6, 6.07) is 50.4. The van der Waals surface area contributed by atoms with Crippen molar-refractivity contribution in [3.8, 4) is 11.5 Å². The number of oxazole rings is 1. The predicted molar refractivity (Wildman–Crippen MR) is 176 cm³/mol. The molecule has 2 heterocycles. The number of hydrogen-bond donors (Lipinski definition) is 0. The molecule has 0 fully saturated rings. The van der Waals surface area contributed by atoms with Crippen molar-refractivity contribution in [2.75, 3.05) is 4.90 Å². The molecule has 0 unspecified atom stereocenters. The smallest absolute Gasteiger partial charge is 0.228 e. The molecule has 0 spiro atoms. The molecule has 0 N–H and O–H groups in total. The van der Waals surface area contributed by atoms with Crippen LogP contribution >= 0.6 is 0 Å². The third-order valence-electron chi connectivity index (χ3n) is 8.26. The van der Waals surface area contributed by atoms with E-state index in [0.717, 1.165) is 55.7 Å². The molecule has 4 nitrogen and oxygen atoms in total. The molecule has 0 bridgehead atoms. The van der Waals surface area contributed by atoms with Gasteiger partial charge >= 0.3 is 0 Å². The lowest BCUT2D eigenvalue weighted by atomic mass is 10.0. The molecule has 0 aliphatic heterocycles. The Hall–Kier alpha value is -5.87. The van der Waals surface area contributed by atoms with E-state index < -0.39 is 0 Å². The second-order valence-corrected chi connectivity index (χ2v) is 10.8. The van der Waals surface area contributed by atoms with Crippen LogP contribution < -0.4 is 4.90 Å². The highest BCUT2D eigenvalue weighted by atomic mass is 16.3. The molecule has 7 aromatic carbocycles. The zero-order valence-electron chi connectivity index (χ0n) is 23.1. The Morgan fingerprint density at radius 2 is 1.16 bits per heavy atom. The van der Waals surface area contributed by atoms with Gasteiger partial charge in [-0.2, -0.15) is 0 Å². The van der Waals surface area contributed by atoms with Gasteiger partial charge < -0.3 is 13.7 Å². The summed E-state index contributed by atoms with van der Waals surface area (Å²) in [5.41, 5.74) is 7.31. The minimum atomic E-state index is 0.591. The van der Waals surface area contributed by atoms with Crippen LogP contribution in [-0.2, 0) is 0 Å². The summed E-state index contributed by atoms with van der Waals surface area (Å²) in [7, 11) is 0. The number of para-hydroxylation sites is 3. The van der Waals surface area contributed by atoms with Crippen molar-refractivity contribution in [3.63, 3.8) is 0 Å². The molecule has 0 aliphatic carbocycles. The Balaban J connectivity index is 1.22. The van der Waals surface area contributed by atoms with Crippen molar-refractivity contribution in [2.45, 2.75) is 0 Å². The second kappa shape index (κ2) is 9.33. The van der Waals surface area contributed by atoms with Gasteiger partial charge in [-0.15, -0.1) is 0 Å². The number of nitrogens with zero attached hydrogens (tertiary/aromatic N) is 2. The Morgan fingerprint density at radius 3 is 2.07 bits per heavy atom. The molecule has 0 atom stereocenters. The minimum Gasteiger partial charge on any atom is -0.456 e. The van der Waals surface area contributed by atoms with Crippen LogP contribution in [0, 0.1) is 0 Å². The van der Waals surface area contributed by atoms with Crippen LogP contribution in [0.3, 0.4) is 0 Å². The van der Waals surface area contributed by atoms with E-state index in [-0.39, 0.29) is 0 Å². The van der Waals surface area contributed by atoms with Crippen LogP contribution in [0.25, 0.3) is 66.0 Å². The van der Waals surface area contributed by atoms with Crippen molar-refractivity contribution in [2.24, 2.45) is 0 Å². The fraction of sp³-hybridized carbons (Fsp3) is 0. The van der Waals surface area contributed by atoms with E-state index in [9.17, 15) is 0 Å². The van der Waals surface area contributed by atoms with E-state index in [4.69, 9.17) is 13.8 Å². The van der Waals surface area contributed by atoms with Gasteiger partial charge in [0.15, 0.2) is 5.58 Å². The van der Waals surface area contributed by atoms with Gasteiger partial charge in [0.05, 0.1) is 0 Å². The topological polar surface area (TPSA) is 42.4 Å². The lowest BCUT2D eigenvalue weighted by molar-refractivity contribution is 0.620.